The molecule has 1 heterocycles. The van der Waals surface area contributed by atoms with Crippen LogP contribution in [0, 0.1) is 11.3 Å². The van der Waals surface area contributed by atoms with Gasteiger partial charge in [-0.05, 0) is 12.1 Å². The molecular formula is C9H7IN2. The van der Waals surface area contributed by atoms with Crippen LogP contribution in [0.3, 0.4) is 0 Å². The van der Waals surface area contributed by atoms with Gasteiger partial charge in [0.05, 0.1) is 0 Å². The molecule has 1 aromatic heterocycles. The second-order valence-corrected chi connectivity index (χ2v) is 2.38. The van der Waals surface area contributed by atoms with Crippen molar-refractivity contribution in [2.45, 2.75) is 0 Å². The van der Waals surface area contributed by atoms with E-state index < -0.39 is 0 Å². The summed E-state index contributed by atoms with van der Waals surface area (Å²) in [7, 11) is 0. The summed E-state index contributed by atoms with van der Waals surface area (Å²) in [5.74, 6) is 0. The average molecular weight is 270 g/mol. The van der Waals surface area contributed by atoms with Gasteiger partial charge in [-0.3, -0.25) is 0 Å². The highest BCUT2D eigenvalue weighted by Crippen LogP contribution is 2.13. The zero-order chi connectivity index (χ0) is 7.68. The molecule has 0 saturated heterocycles. The summed E-state index contributed by atoms with van der Waals surface area (Å²) in [4.78, 5) is 2.98. The normalized spacial score (nSPS) is 8.92. The Labute approximate surface area is 87.2 Å². The first kappa shape index (κ1) is 9.07. The number of H-pyrrole nitrogens is 1. The molecule has 0 aliphatic heterocycles. The molecule has 0 saturated carbocycles. The third-order valence-corrected chi connectivity index (χ3v) is 1.65. The highest BCUT2D eigenvalue weighted by Gasteiger charge is 1.95. The molecule has 1 N–H and O–H groups in total. The molecule has 1 aromatic carbocycles. The Bertz CT molecular complexity index is 392. The summed E-state index contributed by atoms with van der Waals surface area (Å²) < 4.78 is 0. The van der Waals surface area contributed by atoms with Crippen molar-refractivity contribution in [2.24, 2.45) is 0 Å². The molecule has 0 radical (unpaired) electrons. The van der Waals surface area contributed by atoms with Gasteiger partial charge in [-0.15, -0.1) is 24.0 Å². The van der Waals surface area contributed by atoms with E-state index in [1.54, 1.807) is 0 Å². The van der Waals surface area contributed by atoms with Crippen molar-refractivity contribution >= 4 is 34.9 Å². The minimum Gasteiger partial charge on any atom is -0.346 e. The highest BCUT2D eigenvalue weighted by molar-refractivity contribution is 14.0. The number of aromatic nitrogens is 1. The highest BCUT2D eigenvalue weighted by atomic mass is 127. The second kappa shape index (κ2) is 3.59. The lowest BCUT2D eigenvalue weighted by Crippen LogP contribution is -1.67. The first-order chi connectivity index (χ1) is 5.40. The van der Waals surface area contributed by atoms with Gasteiger partial charge in [-0.1, -0.05) is 18.2 Å². The average Bonchev–Trinajstić information content (AvgIpc) is 2.46. The van der Waals surface area contributed by atoms with Gasteiger partial charge in [0.2, 0.25) is 0 Å². The maximum absolute atomic E-state index is 8.56. The first-order valence-electron chi connectivity index (χ1n) is 3.38. The predicted octanol–water partition coefficient (Wildman–Crippen LogP) is 2.66. The SMILES string of the molecule is I.N#Cc1cc2ccccc2[nH]1. The molecule has 0 aliphatic rings. The summed E-state index contributed by atoms with van der Waals surface area (Å²) in [6, 6.07) is 11.7. The third kappa shape index (κ3) is 1.43. The Morgan fingerprint density at radius 2 is 2.00 bits per heavy atom. The number of hydrogen-bond donors (Lipinski definition) is 1. The number of fused-ring (bicyclic) bond motifs is 1. The molecule has 0 aliphatic carbocycles. The van der Waals surface area contributed by atoms with Crippen LogP contribution in [0.5, 0.6) is 0 Å². The second-order valence-electron chi connectivity index (χ2n) is 2.38. The van der Waals surface area contributed by atoms with Gasteiger partial charge in [0.25, 0.3) is 0 Å². The van der Waals surface area contributed by atoms with E-state index in [4.69, 9.17) is 5.26 Å². The van der Waals surface area contributed by atoms with Crippen molar-refractivity contribution < 1.29 is 0 Å². The minimum atomic E-state index is 0. The Morgan fingerprint density at radius 1 is 1.25 bits per heavy atom. The Hall–Kier alpha value is -1.02. The van der Waals surface area contributed by atoms with Crippen LogP contribution in [0.25, 0.3) is 10.9 Å². The molecule has 0 fully saturated rings. The summed E-state index contributed by atoms with van der Waals surface area (Å²) in [6.07, 6.45) is 0. The summed E-state index contributed by atoms with van der Waals surface area (Å²) in [6.45, 7) is 0. The van der Waals surface area contributed by atoms with Gasteiger partial charge in [0.15, 0.2) is 0 Å². The number of nitrogens with one attached hydrogen (secondary N) is 1. The van der Waals surface area contributed by atoms with Crippen LogP contribution in [0.2, 0.25) is 0 Å². The van der Waals surface area contributed by atoms with Gasteiger partial charge in [-0.2, -0.15) is 5.26 Å². The van der Waals surface area contributed by atoms with Crippen LogP contribution in [-0.2, 0) is 0 Å². The lowest BCUT2D eigenvalue weighted by molar-refractivity contribution is 1.37. The molecule has 3 heteroatoms. The first-order valence-corrected chi connectivity index (χ1v) is 3.38. The number of nitrogens with zero attached hydrogens (tertiary/aromatic N) is 1. The Balaban J connectivity index is 0.000000720. The quantitative estimate of drug-likeness (QED) is 0.734. The fourth-order valence-corrected chi connectivity index (χ4v) is 1.13. The smallest absolute Gasteiger partial charge is 0.118 e. The number of para-hydroxylation sites is 1. The number of hydrogen-bond acceptors (Lipinski definition) is 1. The molecule has 0 unspecified atom stereocenters. The molecule has 12 heavy (non-hydrogen) atoms. The standard InChI is InChI=1S/C9H6N2.HI/c10-6-8-5-7-3-1-2-4-9(7)11-8;/h1-5,11H;1H. The van der Waals surface area contributed by atoms with E-state index in [2.05, 4.69) is 11.1 Å². The van der Waals surface area contributed by atoms with Crippen LogP contribution < -0.4 is 0 Å². The Kier molecular flexibility index (Phi) is 2.71. The van der Waals surface area contributed by atoms with Crippen molar-refractivity contribution in [3.63, 3.8) is 0 Å². The zero-order valence-electron chi connectivity index (χ0n) is 6.24. The topological polar surface area (TPSA) is 39.6 Å². The number of halogens is 1. The van der Waals surface area contributed by atoms with Gasteiger partial charge in [0.1, 0.15) is 11.8 Å². The fourth-order valence-electron chi connectivity index (χ4n) is 1.13. The third-order valence-electron chi connectivity index (χ3n) is 1.65. The lowest BCUT2D eigenvalue weighted by Gasteiger charge is -1.83. The summed E-state index contributed by atoms with van der Waals surface area (Å²) in [5.41, 5.74) is 1.63. The van der Waals surface area contributed by atoms with E-state index in [9.17, 15) is 0 Å². The van der Waals surface area contributed by atoms with Gasteiger partial charge in [0, 0.05) is 10.9 Å². The van der Waals surface area contributed by atoms with E-state index in [0.717, 1.165) is 10.9 Å². The van der Waals surface area contributed by atoms with Crippen LogP contribution in [-0.4, -0.2) is 4.98 Å². The number of rotatable bonds is 0. The number of benzene rings is 1. The van der Waals surface area contributed by atoms with Crippen LogP contribution in [0.4, 0.5) is 0 Å². The summed E-state index contributed by atoms with van der Waals surface area (Å²) in [5, 5.41) is 9.64. The lowest BCUT2D eigenvalue weighted by atomic mass is 10.2. The van der Waals surface area contributed by atoms with Crippen LogP contribution in [0.15, 0.2) is 30.3 Å². The zero-order valence-corrected chi connectivity index (χ0v) is 8.57. The maximum Gasteiger partial charge on any atom is 0.118 e. The van der Waals surface area contributed by atoms with Crippen LogP contribution in [0.1, 0.15) is 5.69 Å². The summed E-state index contributed by atoms with van der Waals surface area (Å²) >= 11 is 0. The van der Waals surface area contributed by atoms with Gasteiger partial charge in [-0.25, -0.2) is 0 Å². The van der Waals surface area contributed by atoms with Crippen molar-refractivity contribution in [3.8, 4) is 6.07 Å². The monoisotopic (exact) mass is 270 g/mol. The van der Waals surface area contributed by atoms with Crippen LogP contribution >= 0.6 is 24.0 Å². The molecule has 0 atom stereocenters. The molecule has 2 nitrogen and oxygen atoms in total. The van der Waals surface area contributed by atoms with Crippen molar-refractivity contribution in [3.05, 3.63) is 36.0 Å². The van der Waals surface area contributed by atoms with E-state index in [-0.39, 0.29) is 24.0 Å². The largest absolute Gasteiger partial charge is 0.346 e. The molecule has 0 amide bonds. The molecule has 60 valence electrons. The molecular weight excluding hydrogens is 263 g/mol. The minimum absolute atomic E-state index is 0. The van der Waals surface area contributed by atoms with Gasteiger partial charge >= 0.3 is 0 Å². The molecule has 2 aromatic rings. The van der Waals surface area contributed by atoms with Crippen molar-refractivity contribution in [1.29, 1.82) is 5.26 Å². The predicted molar refractivity (Wildman–Crippen MR) is 58.4 cm³/mol. The molecule has 0 spiro atoms. The van der Waals surface area contributed by atoms with Gasteiger partial charge < -0.3 is 4.98 Å². The number of nitriles is 1. The molecule has 2 rings (SSSR count). The molecule has 0 bridgehead atoms. The number of aromatic amines is 1. The van der Waals surface area contributed by atoms with E-state index in [0.29, 0.717) is 5.69 Å². The fraction of sp³-hybridized carbons (Fsp3) is 0. The van der Waals surface area contributed by atoms with Crippen molar-refractivity contribution in [2.75, 3.05) is 0 Å². The van der Waals surface area contributed by atoms with E-state index >= 15 is 0 Å². The van der Waals surface area contributed by atoms with E-state index in [1.807, 2.05) is 30.3 Å². The maximum atomic E-state index is 8.56. The Morgan fingerprint density at radius 3 is 2.67 bits per heavy atom. The van der Waals surface area contributed by atoms with Crippen molar-refractivity contribution in [1.82, 2.24) is 4.98 Å². The van der Waals surface area contributed by atoms with E-state index in [1.165, 1.54) is 0 Å².